The average Bonchev–Trinajstić information content (AvgIpc) is 2.11. The molecule has 0 aromatic heterocycles. The zero-order valence-electron chi connectivity index (χ0n) is 12.2. The first-order chi connectivity index (χ1) is 8.48. The minimum Gasteiger partial charge on any atom is -0.444 e. The summed E-state index contributed by atoms with van der Waals surface area (Å²) >= 11 is 0. The van der Waals surface area contributed by atoms with E-state index in [4.69, 9.17) is 8.92 Å². The first-order valence-corrected chi connectivity index (χ1v) is 8.17. The van der Waals surface area contributed by atoms with Crippen molar-refractivity contribution in [2.45, 2.75) is 58.3 Å². The molecule has 112 valence electrons. The highest BCUT2D eigenvalue weighted by Crippen LogP contribution is 2.23. The molecule has 1 aliphatic rings. The van der Waals surface area contributed by atoms with Crippen LogP contribution in [0.15, 0.2) is 0 Å². The van der Waals surface area contributed by atoms with E-state index in [0.717, 1.165) is 6.26 Å². The smallest absolute Gasteiger partial charge is 0.410 e. The highest BCUT2D eigenvalue weighted by atomic mass is 32.2. The fourth-order valence-electron chi connectivity index (χ4n) is 2.06. The Labute approximate surface area is 115 Å². The van der Waals surface area contributed by atoms with E-state index in [9.17, 15) is 13.2 Å². The van der Waals surface area contributed by atoms with Gasteiger partial charge in [0.2, 0.25) is 0 Å². The van der Waals surface area contributed by atoms with Crippen molar-refractivity contribution < 1.29 is 22.1 Å². The highest BCUT2D eigenvalue weighted by molar-refractivity contribution is 7.86. The Morgan fingerprint density at radius 3 is 2.32 bits per heavy atom. The molecule has 0 N–H and O–H groups in total. The van der Waals surface area contributed by atoms with Gasteiger partial charge in [0, 0.05) is 12.6 Å². The standard InChI is InChI=1S/C12H23NO5S/c1-9-8-10(18-19(5,15)16)6-7-13(9)11(14)17-12(2,3)4/h9-10H,6-8H2,1-5H3/t9-,10-/m0/s1. The molecule has 2 atom stereocenters. The van der Waals surface area contributed by atoms with Crippen molar-refractivity contribution in [3.05, 3.63) is 0 Å². The molecule has 1 rings (SSSR count). The van der Waals surface area contributed by atoms with E-state index in [2.05, 4.69) is 0 Å². The molecule has 1 saturated heterocycles. The van der Waals surface area contributed by atoms with Crippen molar-refractivity contribution in [3.63, 3.8) is 0 Å². The van der Waals surface area contributed by atoms with Gasteiger partial charge in [-0.1, -0.05) is 0 Å². The van der Waals surface area contributed by atoms with Gasteiger partial charge in [0.15, 0.2) is 0 Å². The molecule has 0 aromatic carbocycles. The topological polar surface area (TPSA) is 72.9 Å². The fraction of sp³-hybridized carbons (Fsp3) is 0.917. The van der Waals surface area contributed by atoms with Gasteiger partial charge in [-0.15, -0.1) is 0 Å². The first kappa shape index (κ1) is 16.2. The number of hydrogen-bond acceptors (Lipinski definition) is 5. The van der Waals surface area contributed by atoms with Gasteiger partial charge in [-0.25, -0.2) is 4.79 Å². The summed E-state index contributed by atoms with van der Waals surface area (Å²) in [7, 11) is -3.45. The maximum Gasteiger partial charge on any atom is 0.410 e. The van der Waals surface area contributed by atoms with Crippen molar-refractivity contribution in [2.24, 2.45) is 0 Å². The Hall–Kier alpha value is -0.820. The van der Waals surface area contributed by atoms with E-state index in [1.807, 2.05) is 27.7 Å². The van der Waals surface area contributed by atoms with Crippen molar-refractivity contribution in [1.29, 1.82) is 0 Å². The van der Waals surface area contributed by atoms with Gasteiger partial charge in [-0.05, 0) is 40.5 Å². The molecular weight excluding hydrogens is 270 g/mol. The van der Waals surface area contributed by atoms with Crippen LogP contribution in [0.4, 0.5) is 4.79 Å². The number of rotatable bonds is 2. The number of carbonyl (C=O) groups excluding carboxylic acids is 1. The van der Waals surface area contributed by atoms with Crippen LogP contribution in [-0.4, -0.2) is 50.0 Å². The van der Waals surface area contributed by atoms with Gasteiger partial charge >= 0.3 is 6.09 Å². The Morgan fingerprint density at radius 1 is 1.32 bits per heavy atom. The maximum atomic E-state index is 12.0. The Balaban J connectivity index is 2.57. The summed E-state index contributed by atoms with van der Waals surface area (Å²) in [5, 5.41) is 0. The Bertz CT molecular complexity index is 426. The SMILES string of the molecule is C[C@H]1C[C@@H](OS(C)(=O)=O)CCN1C(=O)OC(C)(C)C. The van der Waals surface area contributed by atoms with Gasteiger partial charge in [-0.3, -0.25) is 4.18 Å². The van der Waals surface area contributed by atoms with Gasteiger partial charge in [0.25, 0.3) is 10.1 Å². The van der Waals surface area contributed by atoms with Gasteiger partial charge in [0.05, 0.1) is 12.4 Å². The predicted molar refractivity (Wildman–Crippen MR) is 71.4 cm³/mol. The van der Waals surface area contributed by atoms with Crippen LogP contribution in [0.25, 0.3) is 0 Å². The predicted octanol–water partition coefficient (Wildman–Crippen LogP) is 1.75. The largest absolute Gasteiger partial charge is 0.444 e. The second-order valence-electron chi connectivity index (χ2n) is 5.97. The van der Waals surface area contributed by atoms with E-state index >= 15 is 0 Å². The van der Waals surface area contributed by atoms with Crippen LogP contribution >= 0.6 is 0 Å². The summed E-state index contributed by atoms with van der Waals surface area (Å²) < 4.78 is 32.4. The molecular formula is C12H23NO5S. The minimum atomic E-state index is -3.45. The lowest BCUT2D eigenvalue weighted by Crippen LogP contribution is -2.48. The van der Waals surface area contributed by atoms with Crippen LogP contribution < -0.4 is 0 Å². The number of carbonyl (C=O) groups is 1. The van der Waals surface area contributed by atoms with E-state index in [1.54, 1.807) is 4.90 Å². The molecule has 0 bridgehead atoms. The van der Waals surface area contributed by atoms with E-state index in [0.29, 0.717) is 19.4 Å². The molecule has 0 aromatic rings. The molecule has 0 unspecified atom stereocenters. The number of amides is 1. The first-order valence-electron chi connectivity index (χ1n) is 6.36. The lowest BCUT2D eigenvalue weighted by molar-refractivity contribution is -0.0000352. The summed E-state index contributed by atoms with van der Waals surface area (Å²) in [5.74, 6) is 0. The average molecular weight is 293 g/mol. The lowest BCUT2D eigenvalue weighted by atomic mass is 10.0. The summed E-state index contributed by atoms with van der Waals surface area (Å²) in [5.41, 5.74) is -0.531. The van der Waals surface area contributed by atoms with E-state index in [-0.39, 0.29) is 18.2 Å². The number of nitrogens with zero attached hydrogens (tertiary/aromatic N) is 1. The van der Waals surface area contributed by atoms with Crippen LogP contribution in [0.5, 0.6) is 0 Å². The number of hydrogen-bond donors (Lipinski definition) is 0. The maximum absolute atomic E-state index is 12.0. The minimum absolute atomic E-state index is 0.102. The highest BCUT2D eigenvalue weighted by Gasteiger charge is 2.33. The van der Waals surface area contributed by atoms with Crippen LogP contribution in [0.3, 0.4) is 0 Å². The Morgan fingerprint density at radius 2 is 1.89 bits per heavy atom. The monoisotopic (exact) mass is 293 g/mol. The fourth-order valence-corrected chi connectivity index (χ4v) is 2.72. The van der Waals surface area contributed by atoms with E-state index < -0.39 is 15.7 Å². The number of piperidine rings is 1. The summed E-state index contributed by atoms with van der Waals surface area (Å²) in [6.07, 6.45) is 1.31. The molecule has 7 heteroatoms. The number of likely N-dealkylation sites (tertiary alicyclic amines) is 1. The van der Waals surface area contributed by atoms with Crippen molar-refractivity contribution in [1.82, 2.24) is 4.90 Å². The molecule has 0 aliphatic carbocycles. The third kappa shape index (κ3) is 5.78. The van der Waals surface area contributed by atoms with Gasteiger partial charge in [-0.2, -0.15) is 8.42 Å². The molecule has 6 nitrogen and oxygen atoms in total. The molecule has 0 radical (unpaired) electrons. The molecule has 1 fully saturated rings. The Kier molecular flexibility index (Phi) is 4.84. The van der Waals surface area contributed by atoms with Crippen molar-refractivity contribution in [3.8, 4) is 0 Å². The quantitative estimate of drug-likeness (QED) is 0.725. The summed E-state index contributed by atoms with van der Waals surface area (Å²) in [6, 6.07) is -0.102. The third-order valence-electron chi connectivity index (χ3n) is 2.77. The zero-order chi connectivity index (χ0) is 14.8. The molecule has 1 aliphatic heterocycles. The molecule has 0 spiro atoms. The molecule has 19 heavy (non-hydrogen) atoms. The van der Waals surface area contributed by atoms with Crippen molar-refractivity contribution in [2.75, 3.05) is 12.8 Å². The second kappa shape index (κ2) is 5.66. The summed E-state index contributed by atoms with van der Waals surface area (Å²) in [6.45, 7) is 7.75. The lowest BCUT2D eigenvalue weighted by Gasteiger charge is -2.37. The third-order valence-corrected chi connectivity index (χ3v) is 3.39. The molecule has 1 amide bonds. The van der Waals surface area contributed by atoms with E-state index in [1.165, 1.54) is 0 Å². The molecule has 0 saturated carbocycles. The molecule has 1 heterocycles. The second-order valence-corrected chi connectivity index (χ2v) is 7.57. The van der Waals surface area contributed by atoms with Gasteiger partial charge in [0.1, 0.15) is 5.60 Å². The van der Waals surface area contributed by atoms with Crippen LogP contribution in [0.2, 0.25) is 0 Å². The van der Waals surface area contributed by atoms with Gasteiger partial charge < -0.3 is 9.64 Å². The van der Waals surface area contributed by atoms with Crippen molar-refractivity contribution >= 4 is 16.2 Å². The zero-order valence-corrected chi connectivity index (χ0v) is 13.0. The number of ether oxygens (including phenoxy) is 1. The normalized spacial score (nSPS) is 25.2. The summed E-state index contributed by atoms with van der Waals surface area (Å²) in [4.78, 5) is 13.6. The van der Waals surface area contributed by atoms with Crippen LogP contribution in [0.1, 0.15) is 40.5 Å². The van der Waals surface area contributed by atoms with Crippen LogP contribution in [0, 0.1) is 0 Å². The van der Waals surface area contributed by atoms with Crippen LogP contribution in [-0.2, 0) is 19.0 Å².